The molecule has 1 atom stereocenters. The van der Waals surface area contributed by atoms with Crippen LogP contribution in [0.15, 0.2) is 42.7 Å². The number of H-pyrrole nitrogens is 1. The third-order valence-electron chi connectivity index (χ3n) is 5.25. The number of nitrogens with one attached hydrogen (secondary N) is 1. The van der Waals surface area contributed by atoms with Gasteiger partial charge in [0.1, 0.15) is 5.75 Å². The molecule has 0 aliphatic carbocycles. The molecule has 2 aromatic heterocycles. The van der Waals surface area contributed by atoms with Crippen molar-refractivity contribution in [3.63, 3.8) is 0 Å². The van der Waals surface area contributed by atoms with Gasteiger partial charge in [-0.15, -0.1) is 0 Å². The molecule has 1 saturated heterocycles. The van der Waals surface area contributed by atoms with Gasteiger partial charge in [-0.25, -0.2) is 0 Å². The van der Waals surface area contributed by atoms with Crippen molar-refractivity contribution in [1.82, 2.24) is 14.9 Å². The maximum Gasteiger partial charge on any atom is 0.121 e. The zero-order valence-electron chi connectivity index (χ0n) is 15.0. The second-order valence-electron chi connectivity index (χ2n) is 7.15. The predicted octanol–water partition coefficient (Wildman–Crippen LogP) is 3.94. The number of nitrogens with zero attached hydrogens (tertiary/aromatic N) is 2. The van der Waals surface area contributed by atoms with E-state index in [2.05, 4.69) is 52.1 Å². The summed E-state index contributed by atoms with van der Waals surface area (Å²) in [6.45, 7) is 5.47. The number of methoxy groups -OCH3 is 1. The minimum absolute atomic E-state index is 0.744. The zero-order chi connectivity index (χ0) is 17.2. The molecule has 0 amide bonds. The molecule has 0 saturated carbocycles. The van der Waals surface area contributed by atoms with E-state index in [0.717, 1.165) is 24.6 Å². The largest absolute Gasteiger partial charge is 0.497 e. The van der Waals surface area contributed by atoms with Gasteiger partial charge < -0.3 is 9.72 Å². The number of aromatic amines is 1. The number of likely N-dealkylation sites (tertiary alicyclic amines) is 1. The molecule has 25 heavy (non-hydrogen) atoms. The second-order valence-corrected chi connectivity index (χ2v) is 7.15. The Morgan fingerprint density at radius 1 is 1.24 bits per heavy atom. The highest BCUT2D eigenvalue weighted by Crippen LogP contribution is 2.27. The van der Waals surface area contributed by atoms with E-state index in [1.165, 1.54) is 47.2 Å². The normalized spacial score (nSPS) is 18.1. The van der Waals surface area contributed by atoms with Crippen LogP contribution in [-0.4, -0.2) is 35.1 Å². The summed E-state index contributed by atoms with van der Waals surface area (Å²) in [6.07, 6.45) is 6.21. The van der Waals surface area contributed by atoms with Crippen LogP contribution >= 0.6 is 0 Å². The Hall–Kier alpha value is -2.33. The van der Waals surface area contributed by atoms with Gasteiger partial charge in [0.15, 0.2) is 0 Å². The molecule has 4 rings (SSSR count). The van der Waals surface area contributed by atoms with Gasteiger partial charge >= 0.3 is 0 Å². The lowest BCUT2D eigenvalue weighted by Crippen LogP contribution is -2.20. The number of pyridine rings is 1. The maximum absolute atomic E-state index is 5.38. The fourth-order valence-corrected chi connectivity index (χ4v) is 3.96. The highest BCUT2D eigenvalue weighted by molar-refractivity contribution is 5.85. The van der Waals surface area contributed by atoms with Gasteiger partial charge in [-0.3, -0.25) is 9.88 Å². The van der Waals surface area contributed by atoms with Crippen molar-refractivity contribution < 1.29 is 4.74 Å². The zero-order valence-corrected chi connectivity index (χ0v) is 15.0. The van der Waals surface area contributed by atoms with Crippen molar-refractivity contribution >= 4 is 10.9 Å². The number of aromatic nitrogens is 2. The first-order valence-electron chi connectivity index (χ1n) is 8.99. The smallest absolute Gasteiger partial charge is 0.121 e. The van der Waals surface area contributed by atoms with Crippen molar-refractivity contribution in [1.29, 1.82) is 0 Å². The van der Waals surface area contributed by atoms with Crippen LogP contribution in [0.1, 0.15) is 23.2 Å². The van der Waals surface area contributed by atoms with Gasteiger partial charge in [0.05, 0.1) is 7.11 Å². The fourth-order valence-electron chi connectivity index (χ4n) is 3.96. The van der Waals surface area contributed by atoms with Crippen LogP contribution in [-0.2, 0) is 13.0 Å². The van der Waals surface area contributed by atoms with Crippen LogP contribution in [0.3, 0.4) is 0 Å². The van der Waals surface area contributed by atoms with Crippen molar-refractivity contribution in [2.45, 2.75) is 26.3 Å². The first-order valence-corrected chi connectivity index (χ1v) is 8.99. The molecule has 1 N–H and O–H groups in total. The molecule has 130 valence electrons. The molecular formula is C21H25N3O. The van der Waals surface area contributed by atoms with E-state index < -0.39 is 0 Å². The fraction of sp³-hybridized carbons (Fsp3) is 0.381. The van der Waals surface area contributed by atoms with E-state index in [1.54, 1.807) is 7.11 Å². The minimum Gasteiger partial charge on any atom is -0.497 e. The molecule has 0 spiro atoms. The number of aryl methyl sites for hydroxylation is 1. The van der Waals surface area contributed by atoms with E-state index in [-0.39, 0.29) is 0 Å². The SMILES string of the molecule is COc1cc(C)c2cc(CN3CCC(Cc4ccncc4)C3)[nH]c2c1. The minimum atomic E-state index is 0.744. The predicted molar refractivity (Wildman–Crippen MR) is 101 cm³/mol. The van der Waals surface area contributed by atoms with Crippen LogP contribution in [0.25, 0.3) is 10.9 Å². The Morgan fingerprint density at radius 2 is 2.08 bits per heavy atom. The van der Waals surface area contributed by atoms with Crippen LogP contribution in [0.4, 0.5) is 0 Å². The molecule has 4 nitrogen and oxygen atoms in total. The number of ether oxygens (including phenoxy) is 1. The van der Waals surface area contributed by atoms with Gasteiger partial charge in [0, 0.05) is 48.1 Å². The van der Waals surface area contributed by atoms with Crippen LogP contribution in [0.5, 0.6) is 5.75 Å². The molecule has 1 aliphatic heterocycles. The summed E-state index contributed by atoms with van der Waals surface area (Å²) in [5, 5.41) is 1.29. The van der Waals surface area contributed by atoms with E-state index >= 15 is 0 Å². The molecule has 1 aliphatic rings. The molecule has 0 radical (unpaired) electrons. The Morgan fingerprint density at radius 3 is 2.88 bits per heavy atom. The molecule has 4 heteroatoms. The summed E-state index contributed by atoms with van der Waals surface area (Å²) in [6, 6.07) is 10.7. The number of benzene rings is 1. The van der Waals surface area contributed by atoms with Crippen LogP contribution < -0.4 is 4.74 Å². The molecule has 1 unspecified atom stereocenters. The lowest BCUT2D eigenvalue weighted by atomic mass is 10.00. The molecule has 0 bridgehead atoms. The second kappa shape index (κ2) is 6.89. The average molecular weight is 335 g/mol. The lowest BCUT2D eigenvalue weighted by Gasteiger charge is -2.15. The number of hydrogen-bond donors (Lipinski definition) is 1. The van der Waals surface area contributed by atoms with Gasteiger partial charge in [0.25, 0.3) is 0 Å². The number of hydrogen-bond acceptors (Lipinski definition) is 3. The van der Waals surface area contributed by atoms with Crippen molar-refractivity contribution in [2.75, 3.05) is 20.2 Å². The summed E-state index contributed by atoms with van der Waals surface area (Å²) in [5.41, 5.74) is 5.11. The highest BCUT2D eigenvalue weighted by Gasteiger charge is 2.23. The van der Waals surface area contributed by atoms with Gasteiger partial charge in [-0.2, -0.15) is 0 Å². The summed E-state index contributed by atoms with van der Waals surface area (Å²) in [7, 11) is 1.72. The average Bonchev–Trinajstić information content (AvgIpc) is 3.22. The third-order valence-corrected chi connectivity index (χ3v) is 5.25. The summed E-state index contributed by atoms with van der Waals surface area (Å²) >= 11 is 0. The molecule has 1 fully saturated rings. The first-order chi connectivity index (χ1) is 12.2. The van der Waals surface area contributed by atoms with Gasteiger partial charge in [-0.05, 0) is 67.6 Å². The quantitative estimate of drug-likeness (QED) is 0.768. The van der Waals surface area contributed by atoms with E-state index in [4.69, 9.17) is 4.74 Å². The highest BCUT2D eigenvalue weighted by atomic mass is 16.5. The standard InChI is InChI=1S/C21H25N3O/c1-15-9-19(25-2)12-21-20(15)11-18(23-21)14-24-8-5-17(13-24)10-16-3-6-22-7-4-16/h3-4,6-7,9,11-12,17,23H,5,8,10,13-14H2,1-2H3. The summed E-state index contributed by atoms with van der Waals surface area (Å²) < 4.78 is 5.38. The van der Waals surface area contributed by atoms with E-state index in [9.17, 15) is 0 Å². The van der Waals surface area contributed by atoms with Crippen LogP contribution in [0.2, 0.25) is 0 Å². The maximum atomic E-state index is 5.38. The molecule has 3 aromatic rings. The van der Waals surface area contributed by atoms with Gasteiger partial charge in [0.2, 0.25) is 0 Å². The Kier molecular flexibility index (Phi) is 4.45. The monoisotopic (exact) mass is 335 g/mol. The topological polar surface area (TPSA) is 41.1 Å². The number of rotatable bonds is 5. The molecule has 3 heterocycles. The van der Waals surface area contributed by atoms with Crippen molar-refractivity contribution in [3.05, 3.63) is 59.5 Å². The van der Waals surface area contributed by atoms with Gasteiger partial charge in [-0.1, -0.05) is 0 Å². The Labute approximate surface area is 148 Å². The van der Waals surface area contributed by atoms with Crippen LogP contribution in [0, 0.1) is 12.8 Å². The van der Waals surface area contributed by atoms with E-state index in [1.807, 2.05) is 12.4 Å². The third kappa shape index (κ3) is 3.54. The molecule has 1 aromatic carbocycles. The summed E-state index contributed by atoms with van der Waals surface area (Å²) in [5.74, 6) is 1.66. The summed E-state index contributed by atoms with van der Waals surface area (Å²) in [4.78, 5) is 10.2. The first kappa shape index (κ1) is 16.2. The number of fused-ring (bicyclic) bond motifs is 1. The van der Waals surface area contributed by atoms with Crippen molar-refractivity contribution in [2.24, 2.45) is 5.92 Å². The van der Waals surface area contributed by atoms with Crippen molar-refractivity contribution in [3.8, 4) is 5.75 Å². The lowest BCUT2D eigenvalue weighted by molar-refractivity contribution is 0.313. The molecular weight excluding hydrogens is 310 g/mol. The Bertz CT molecular complexity index is 856. The van der Waals surface area contributed by atoms with E-state index in [0.29, 0.717) is 0 Å². The Balaban J connectivity index is 1.42.